The summed E-state index contributed by atoms with van der Waals surface area (Å²) < 4.78 is 33.4. The quantitative estimate of drug-likeness (QED) is 0.721. The summed E-state index contributed by atoms with van der Waals surface area (Å²) in [7, 11) is 1.64. The van der Waals surface area contributed by atoms with Gasteiger partial charge in [-0.15, -0.1) is 5.10 Å². The number of nitrogens with one attached hydrogen (secondary N) is 1. The number of nitrogens with zero attached hydrogens (tertiary/aromatic N) is 6. The van der Waals surface area contributed by atoms with Gasteiger partial charge < -0.3 is 14.6 Å². The number of rotatable bonds is 3. The second kappa shape index (κ2) is 6.54. The van der Waals surface area contributed by atoms with Gasteiger partial charge in [0.15, 0.2) is 6.40 Å². The van der Waals surface area contributed by atoms with Crippen molar-refractivity contribution in [2.24, 2.45) is 5.10 Å². The summed E-state index contributed by atoms with van der Waals surface area (Å²) >= 11 is 0. The van der Waals surface area contributed by atoms with E-state index < -0.39 is 18.7 Å². The molecule has 150 valence electrons. The summed E-state index contributed by atoms with van der Waals surface area (Å²) in [5.41, 5.74) is 2.30. The summed E-state index contributed by atoms with van der Waals surface area (Å²) in [6.45, 7) is 0.405. The number of aromatic nitrogens is 4. The highest BCUT2D eigenvalue weighted by Gasteiger charge is 2.41. The molecule has 0 fully saturated rings. The Balaban J connectivity index is 1.61. The summed E-state index contributed by atoms with van der Waals surface area (Å²) in [6, 6.07) is 5.67. The number of aromatic amines is 1. The average Bonchev–Trinajstić information content (AvgIpc) is 3.44. The molecule has 0 saturated carbocycles. The number of halogens is 2. The molecule has 3 aromatic heterocycles. The molecule has 2 atom stereocenters. The predicted octanol–water partition coefficient (Wildman–Crippen LogP) is 1.70. The first-order valence-corrected chi connectivity index (χ1v) is 9.04. The van der Waals surface area contributed by atoms with Gasteiger partial charge in [0.1, 0.15) is 11.7 Å². The second-order valence-electron chi connectivity index (χ2n) is 6.89. The Hall–Kier alpha value is -3.50. The van der Waals surface area contributed by atoms with E-state index in [9.17, 15) is 13.6 Å². The minimum atomic E-state index is -2.67. The molecule has 1 amide bonds. The van der Waals surface area contributed by atoms with Crippen LogP contribution in [0.3, 0.4) is 0 Å². The number of hydrogen-bond acceptors (Lipinski definition) is 6. The smallest absolute Gasteiger partial charge is 0.287 e. The molecule has 0 bridgehead atoms. The van der Waals surface area contributed by atoms with E-state index in [1.807, 2.05) is 0 Å². The summed E-state index contributed by atoms with van der Waals surface area (Å²) in [6.07, 6.45) is -0.181. The van der Waals surface area contributed by atoms with Gasteiger partial charge in [-0.05, 0) is 18.2 Å². The highest BCUT2D eigenvalue weighted by atomic mass is 19.3. The number of imidazole rings is 1. The lowest BCUT2D eigenvalue weighted by Gasteiger charge is -2.35. The number of fused-ring (bicyclic) bond motifs is 2. The van der Waals surface area contributed by atoms with Gasteiger partial charge in [0.05, 0.1) is 23.2 Å². The Morgan fingerprint density at radius 2 is 2.24 bits per heavy atom. The number of likely N-dealkylation sites (N-methyl/N-ethyl adjacent to an activating group) is 1. The maximum absolute atomic E-state index is 13.4. The minimum absolute atomic E-state index is 0.211. The molecule has 0 aromatic carbocycles. The highest BCUT2D eigenvalue weighted by molar-refractivity contribution is 5.83. The zero-order valence-corrected chi connectivity index (χ0v) is 15.4. The van der Waals surface area contributed by atoms with E-state index in [0.717, 1.165) is 5.69 Å². The number of hydrazone groups is 1. The van der Waals surface area contributed by atoms with Crippen LogP contribution in [0.2, 0.25) is 0 Å². The molecule has 1 N–H and O–H groups in total. The van der Waals surface area contributed by atoms with Gasteiger partial charge in [-0.25, -0.2) is 18.3 Å². The van der Waals surface area contributed by atoms with Gasteiger partial charge in [-0.3, -0.25) is 9.80 Å². The lowest BCUT2D eigenvalue weighted by Crippen LogP contribution is -2.49. The van der Waals surface area contributed by atoms with Crippen LogP contribution < -0.4 is 0 Å². The molecule has 3 aromatic rings. The Morgan fingerprint density at radius 3 is 3.00 bits per heavy atom. The zero-order valence-electron chi connectivity index (χ0n) is 15.4. The van der Waals surface area contributed by atoms with Crippen molar-refractivity contribution in [1.82, 2.24) is 29.5 Å². The van der Waals surface area contributed by atoms with E-state index in [-0.39, 0.29) is 11.6 Å². The third-order valence-corrected chi connectivity index (χ3v) is 5.22. The average molecular weight is 401 g/mol. The molecule has 29 heavy (non-hydrogen) atoms. The fraction of sp³-hybridized carbons (Fsp3) is 0.333. The number of alkyl halides is 2. The van der Waals surface area contributed by atoms with Gasteiger partial charge in [0, 0.05) is 25.7 Å². The normalized spacial score (nSPS) is 21.1. The molecule has 11 heteroatoms. The molecule has 0 spiro atoms. The Kier molecular flexibility index (Phi) is 3.96. The van der Waals surface area contributed by atoms with Crippen LogP contribution in [0.15, 0.2) is 35.7 Å². The number of H-pyrrole nitrogens is 1. The molecule has 0 radical (unpaired) electrons. The number of carbonyl (C=O) groups is 1. The minimum Gasteiger partial charge on any atom is -0.447 e. The van der Waals surface area contributed by atoms with E-state index in [1.54, 1.807) is 36.5 Å². The molecule has 5 rings (SSSR count). The van der Waals surface area contributed by atoms with Crippen LogP contribution in [-0.2, 0) is 16.0 Å². The van der Waals surface area contributed by atoms with Crippen LogP contribution in [0.25, 0.3) is 5.52 Å². The highest BCUT2D eigenvalue weighted by Crippen LogP contribution is 2.35. The molecular formula is C18H17F2N7O2. The van der Waals surface area contributed by atoms with E-state index in [4.69, 9.17) is 4.74 Å². The molecule has 0 aliphatic carbocycles. The summed E-state index contributed by atoms with van der Waals surface area (Å²) in [4.78, 5) is 22.3. The molecule has 0 saturated heterocycles. The largest absolute Gasteiger partial charge is 0.447 e. The maximum atomic E-state index is 13.4. The SMILES string of the molecule is CN1N=COC1C(=O)N1CCc2[nH]cnc2C1c1cc2cccc(C(F)F)n2n1. The van der Waals surface area contributed by atoms with E-state index in [1.165, 1.54) is 22.0 Å². The fourth-order valence-corrected chi connectivity index (χ4v) is 3.84. The molecule has 2 aliphatic heterocycles. The lowest BCUT2D eigenvalue weighted by molar-refractivity contribution is -0.147. The molecular weight excluding hydrogens is 384 g/mol. The number of pyridine rings is 1. The van der Waals surface area contributed by atoms with Crippen molar-refractivity contribution in [3.05, 3.63) is 53.4 Å². The molecule has 5 heterocycles. The van der Waals surface area contributed by atoms with Crippen molar-refractivity contribution in [3.63, 3.8) is 0 Å². The van der Waals surface area contributed by atoms with Gasteiger partial charge in [-0.1, -0.05) is 6.07 Å². The van der Waals surface area contributed by atoms with E-state index >= 15 is 0 Å². The standard InChI is InChI=1S/C18H17F2N7O2/c1-25-18(29-9-23-25)17(28)26-6-5-11-14(22-8-21-11)15(26)12-7-10-3-2-4-13(16(19)20)27(10)24-12/h2-4,7-9,15-16,18H,5-6H2,1H3,(H,21,22). The number of amides is 1. The van der Waals surface area contributed by atoms with Gasteiger partial charge in [-0.2, -0.15) is 5.10 Å². The Morgan fingerprint density at radius 1 is 1.38 bits per heavy atom. The van der Waals surface area contributed by atoms with E-state index in [2.05, 4.69) is 20.2 Å². The van der Waals surface area contributed by atoms with Crippen LogP contribution in [0, 0.1) is 0 Å². The second-order valence-corrected chi connectivity index (χ2v) is 6.89. The van der Waals surface area contributed by atoms with Crippen LogP contribution in [-0.4, -0.2) is 61.6 Å². The van der Waals surface area contributed by atoms with Gasteiger partial charge >= 0.3 is 0 Å². The van der Waals surface area contributed by atoms with Crippen molar-refractivity contribution < 1.29 is 18.3 Å². The first-order valence-electron chi connectivity index (χ1n) is 9.04. The van der Waals surface area contributed by atoms with Crippen molar-refractivity contribution in [3.8, 4) is 0 Å². The van der Waals surface area contributed by atoms with Crippen LogP contribution >= 0.6 is 0 Å². The summed E-state index contributed by atoms with van der Waals surface area (Å²) in [5.74, 6) is -0.296. The third kappa shape index (κ3) is 2.72. The van der Waals surface area contributed by atoms with Crippen molar-refractivity contribution >= 4 is 17.8 Å². The molecule has 9 nitrogen and oxygen atoms in total. The van der Waals surface area contributed by atoms with Crippen molar-refractivity contribution in [1.29, 1.82) is 0 Å². The molecule has 2 aliphatic rings. The first kappa shape index (κ1) is 17.6. The number of hydrogen-bond donors (Lipinski definition) is 1. The van der Waals surface area contributed by atoms with Crippen LogP contribution in [0.5, 0.6) is 0 Å². The first-order chi connectivity index (χ1) is 14.0. The maximum Gasteiger partial charge on any atom is 0.287 e. The predicted molar refractivity (Wildman–Crippen MR) is 97.1 cm³/mol. The van der Waals surface area contributed by atoms with E-state index in [0.29, 0.717) is 29.9 Å². The lowest BCUT2D eigenvalue weighted by atomic mass is 9.99. The van der Waals surface area contributed by atoms with Gasteiger partial charge in [0.25, 0.3) is 18.6 Å². The monoisotopic (exact) mass is 401 g/mol. The Bertz CT molecular complexity index is 1110. The zero-order chi connectivity index (χ0) is 20.1. The van der Waals surface area contributed by atoms with Crippen LogP contribution in [0.1, 0.15) is 35.2 Å². The Labute approximate surface area is 163 Å². The van der Waals surface area contributed by atoms with Gasteiger partial charge in [0.2, 0.25) is 0 Å². The number of ether oxygens (including phenoxy) is 1. The fourth-order valence-electron chi connectivity index (χ4n) is 3.84. The third-order valence-electron chi connectivity index (χ3n) is 5.22. The topological polar surface area (TPSA) is 91.1 Å². The van der Waals surface area contributed by atoms with Crippen molar-refractivity contribution in [2.75, 3.05) is 13.6 Å². The number of carbonyl (C=O) groups excluding carboxylic acids is 1. The van der Waals surface area contributed by atoms with Crippen LogP contribution in [0.4, 0.5) is 8.78 Å². The molecule has 2 unspecified atom stereocenters. The summed E-state index contributed by atoms with van der Waals surface area (Å²) in [5, 5.41) is 9.79. The van der Waals surface area contributed by atoms with Crippen molar-refractivity contribution in [2.45, 2.75) is 25.1 Å².